The van der Waals surface area contributed by atoms with Crippen molar-refractivity contribution in [2.75, 3.05) is 62.2 Å². The summed E-state index contributed by atoms with van der Waals surface area (Å²) in [5.74, 6) is 0.932. The average molecular weight is 380 g/mol. The van der Waals surface area contributed by atoms with Gasteiger partial charge in [-0.25, -0.2) is 4.98 Å². The minimum atomic E-state index is -0.0699. The number of carbonyl (C=O) groups excluding carboxylic acids is 2. The summed E-state index contributed by atoms with van der Waals surface area (Å²) in [5.41, 5.74) is 1.48. The van der Waals surface area contributed by atoms with Crippen LogP contribution in [0.25, 0.3) is 0 Å². The highest BCUT2D eigenvalue weighted by atomic mass is 16.2. The molecule has 0 atom stereocenters. The van der Waals surface area contributed by atoms with E-state index in [1.807, 2.05) is 36.5 Å². The summed E-state index contributed by atoms with van der Waals surface area (Å²) >= 11 is 0. The van der Waals surface area contributed by atoms with Crippen molar-refractivity contribution in [3.8, 4) is 0 Å². The van der Waals surface area contributed by atoms with Crippen LogP contribution >= 0.6 is 0 Å². The monoisotopic (exact) mass is 380 g/mol. The molecule has 146 valence electrons. The van der Waals surface area contributed by atoms with Crippen LogP contribution < -0.4 is 9.80 Å². The Balaban J connectivity index is 1.39. The molecule has 8 heteroatoms. The van der Waals surface area contributed by atoms with E-state index in [0.29, 0.717) is 31.9 Å². The second kappa shape index (κ2) is 8.24. The molecule has 2 aromatic heterocycles. The summed E-state index contributed by atoms with van der Waals surface area (Å²) in [6, 6.07) is 9.80. The Labute approximate surface area is 164 Å². The second-order valence-corrected chi connectivity index (χ2v) is 6.99. The summed E-state index contributed by atoms with van der Waals surface area (Å²) in [6.45, 7) is 5.75. The Bertz CT molecular complexity index is 814. The van der Waals surface area contributed by atoms with Gasteiger partial charge in [-0.05, 0) is 24.3 Å². The molecule has 4 rings (SSSR count). The van der Waals surface area contributed by atoms with Crippen molar-refractivity contribution in [2.45, 2.75) is 0 Å². The molecule has 8 nitrogen and oxygen atoms in total. The molecule has 0 saturated carbocycles. The van der Waals surface area contributed by atoms with Gasteiger partial charge in [0.25, 0.3) is 5.91 Å². The largest absolute Gasteiger partial charge is 0.368 e. The van der Waals surface area contributed by atoms with Crippen molar-refractivity contribution in [1.29, 1.82) is 0 Å². The Morgan fingerprint density at radius 2 is 1.61 bits per heavy atom. The fraction of sp³-hybridized carbons (Fsp3) is 0.400. The van der Waals surface area contributed by atoms with Crippen molar-refractivity contribution in [2.24, 2.45) is 0 Å². The van der Waals surface area contributed by atoms with Gasteiger partial charge in [-0.15, -0.1) is 0 Å². The van der Waals surface area contributed by atoms with Gasteiger partial charge < -0.3 is 19.6 Å². The smallest absolute Gasteiger partial charge is 0.272 e. The van der Waals surface area contributed by atoms with Crippen LogP contribution in [0.1, 0.15) is 10.5 Å². The molecular formula is C20H24N6O2. The highest BCUT2D eigenvalue weighted by Crippen LogP contribution is 2.20. The van der Waals surface area contributed by atoms with E-state index in [-0.39, 0.29) is 5.91 Å². The van der Waals surface area contributed by atoms with E-state index in [0.717, 1.165) is 44.1 Å². The Kier molecular flexibility index (Phi) is 5.36. The lowest BCUT2D eigenvalue weighted by atomic mass is 10.2. The first-order chi connectivity index (χ1) is 13.7. The summed E-state index contributed by atoms with van der Waals surface area (Å²) in [7, 11) is 0. The minimum Gasteiger partial charge on any atom is -0.368 e. The maximum atomic E-state index is 12.8. The van der Waals surface area contributed by atoms with Gasteiger partial charge in [-0.3, -0.25) is 14.6 Å². The lowest BCUT2D eigenvalue weighted by molar-refractivity contribution is -0.119. The van der Waals surface area contributed by atoms with Gasteiger partial charge in [-0.1, -0.05) is 6.07 Å². The van der Waals surface area contributed by atoms with Gasteiger partial charge in [0.1, 0.15) is 11.5 Å². The minimum absolute atomic E-state index is 0.0699. The van der Waals surface area contributed by atoms with Gasteiger partial charge in [0.2, 0.25) is 6.41 Å². The van der Waals surface area contributed by atoms with E-state index in [1.54, 1.807) is 16.0 Å². The molecule has 0 aliphatic carbocycles. The number of nitrogens with zero attached hydrogens (tertiary/aromatic N) is 6. The van der Waals surface area contributed by atoms with Crippen molar-refractivity contribution in [3.63, 3.8) is 0 Å². The number of piperazine rings is 2. The Hall–Kier alpha value is -3.16. The topological polar surface area (TPSA) is 72.9 Å². The Morgan fingerprint density at radius 3 is 2.29 bits per heavy atom. The van der Waals surface area contributed by atoms with Crippen LogP contribution in [0.4, 0.5) is 11.5 Å². The van der Waals surface area contributed by atoms with E-state index >= 15 is 0 Å². The zero-order chi connectivity index (χ0) is 19.3. The molecule has 2 fully saturated rings. The number of carbonyl (C=O) groups is 2. The molecule has 2 aliphatic rings. The van der Waals surface area contributed by atoms with E-state index in [4.69, 9.17) is 0 Å². The van der Waals surface area contributed by atoms with Crippen molar-refractivity contribution < 1.29 is 9.59 Å². The first-order valence-corrected chi connectivity index (χ1v) is 9.60. The number of hydrogen-bond donors (Lipinski definition) is 0. The third-order valence-electron chi connectivity index (χ3n) is 5.33. The molecule has 0 aromatic carbocycles. The maximum absolute atomic E-state index is 12.8. The van der Waals surface area contributed by atoms with Crippen LogP contribution in [0.15, 0.2) is 42.7 Å². The van der Waals surface area contributed by atoms with Crippen LogP contribution in [0.2, 0.25) is 0 Å². The van der Waals surface area contributed by atoms with E-state index < -0.39 is 0 Å². The van der Waals surface area contributed by atoms with E-state index in [2.05, 4.69) is 19.8 Å². The Morgan fingerprint density at radius 1 is 0.857 bits per heavy atom. The van der Waals surface area contributed by atoms with Crippen LogP contribution in [-0.2, 0) is 4.79 Å². The molecule has 0 unspecified atom stereocenters. The summed E-state index contributed by atoms with van der Waals surface area (Å²) in [5, 5.41) is 0. The molecule has 0 radical (unpaired) electrons. The number of aromatic nitrogens is 2. The fourth-order valence-corrected chi connectivity index (χ4v) is 3.66. The van der Waals surface area contributed by atoms with Crippen LogP contribution in [0.3, 0.4) is 0 Å². The third kappa shape index (κ3) is 3.90. The van der Waals surface area contributed by atoms with Crippen LogP contribution in [0, 0.1) is 0 Å². The van der Waals surface area contributed by atoms with Crippen molar-refractivity contribution in [3.05, 3.63) is 48.4 Å². The molecule has 0 spiro atoms. The predicted octanol–water partition coefficient (Wildman–Crippen LogP) is 0.717. The van der Waals surface area contributed by atoms with Gasteiger partial charge in [0.05, 0.1) is 0 Å². The lowest BCUT2D eigenvalue weighted by Crippen LogP contribution is -2.48. The summed E-state index contributed by atoms with van der Waals surface area (Å²) < 4.78 is 0. The average Bonchev–Trinajstić information content (AvgIpc) is 2.79. The van der Waals surface area contributed by atoms with Gasteiger partial charge >= 0.3 is 0 Å². The summed E-state index contributed by atoms with van der Waals surface area (Å²) in [4.78, 5) is 40.4. The molecule has 2 saturated heterocycles. The molecule has 0 N–H and O–H groups in total. The number of hydrogen-bond acceptors (Lipinski definition) is 6. The SMILES string of the molecule is O=CN1CCN(C(=O)c2cc(N3CCN(c4ccccn4)CC3)ccn2)CC1. The quantitative estimate of drug-likeness (QED) is 0.728. The maximum Gasteiger partial charge on any atom is 0.272 e. The molecule has 4 heterocycles. The highest BCUT2D eigenvalue weighted by molar-refractivity contribution is 5.93. The molecule has 2 aliphatic heterocycles. The van der Waals surface area contributed by atoms with E-state index in [9.17, 15) is 9.59 Å². The first-order valence-electron chi connectivity index (χ1n) is 9.60. The van der Waals surface area contributed by atoms with Gasteiger partial charge in [0.15, 0.2) is 0 Å². The van der Waals surface area contributed by atoms with E-state index in [1.165, 1.54) is 0 Å². The molecule has 0 bridgehead atoms. The number of pyridine rings is 2. The van der Waals surface area contributed by atoms with Crippen LogP contribution in [-0.4, -0.2) is 84.4 Å². The number of amides is 2. The zero-order valence-electron chi connectivity index (χ0n) is 15.8. The molecular weight excluding hydrogens is 356 g/mol. The molecule has 2 amide bonds. The third-order valence-corrected chi connectivity index (χ3v) is 5.33. The van der Waals surface area contributed by atoms with Crippen molar-refractivity contribution >= 4 is 23.8 Å². The molecule has 2 aromatic rings. The predicted molar refractivity (Wildman–Crippen MR) is 106 cm³/mol. The van der Waals surface area contributed by atoms with Crippen molar-refractivity contribution in [1.82, 2.24) is 19.8 Å². The van der Waals surface area contributed by atoms with Crippen LogP contribution in [0.5, 0.6) is 0 Å². The first kappa shape index (κ1) is 18.2. The van der Waals surface area contributed by atoms with Gasteiger partial charge in [-0.2, -0.15) is 0 Å². The second-order valence-electron chi connectivity index (χ2n) is 6.99. The normalized spacial score (nSPS) is 17.6. The van der Waals surface area contributed by atoms with Gasteiger partial charge in [0, 0.05) is 70.4 Å². The standard InChI is InChI=1S/C20H24N6O2/c27-16-23-7-9-26(10-8-23)20(28)18-15-17(4-6-21-18)24-11-13-25(14-12-24)19-3-1-2-5-22-19/h1-6,15-16H,7-14H2. The summed E-state index contributed by atoms with van der Waals surface area (Å²) in [6.07, 6.45) is 4.36. The number of rotatable bonds is 4. The molecule has 28 heavy (non-hydrogen) atoms. The zero-order valence-corrected chi connectivity index (χ0v) is 15.8. The lowest BCUT2D eigenvalue weighted by Gasteiger charge is -2.37. The fourth-order valence-electron chi connectivity index (χ4n) is 3.66. The highest BCUT2D eigenvalue weighted by Gasteiger charge is 2.24. The number of anilines is 2.